The minimum atomic E-state index is -0.828. The van der Waals surface area contributed by atoms with Crippen molar-refractivity contribution in [1.82, 2.24) is 5.32 Å². The van der Waals surface area contributed by atoms with Gasteiger partial charge in [-0.2, -0.15) is 5.26 Å². The van der Waals surface area contributed by atoms with Gasteiger partial charge in [0.1, 0.15) is 6.04 Å². The van der Waals surface area contributed by atoms with Gasteiger partial charge in [0.05, 0.1) is 11.6 Å². The maximum atomic E-state index is 11.2. The molecule has 21 heavy (non-hydrogen) atoms. The predicted molar refractivity (Wildman–Crippen MR) is 85.4 cm³/mol. The lowest BCUT2D eigenvalue weighted by Gasteiger charge is -2.21. The van der Waals surface area contributed by atoms with E-state index in [1.54, 1.807) is 18.2 Å². The van der Waals surface area contributed by atoms with Gasteiger partial charge < -0.3 is 10.4 Å². The van der Waals surface area contributed by atoms with Crippen molar-refractivity contribution in [3.8, 4) is 6.07 Å². The first-order chi connectivity index (χ1) is 9.31. The number of nitrogens with zero attached hydrogens (tertiary/aromatic N) is 1. The second kappa shape index (κ2) is 8.66. The van der Waals surface area contributed by atoms with Crippen molar-refractivity contribution in [3.05, 3.63) is 35.4 Å². The van der Waals surface area contributed by atoms with E-state index in [0.29, 0.717) is 18.5 Å². The highest BCUT2D eigenvalue weighted by atomic mass is 35.5. The number of hydrogen-bond acceptors (Lipinski definition) is 3. The van der Waals surface area contributed by atoms with Crippen LogP contribution in [0.4, 0.5) is 0 Å². The van der Waals surface area contributed by atoms with E-state index in [2.05, 4.69) is 32.2 Å². The zero-order chi connectivity index (χ0) is 15.2. The number of nitrogens with one attached hydrogen (secondary N) is 1. The number of aliphatic carboxylic acids is 1. The van der Waals surface area contributed by atoms with Crippen LogP contribution >= 0.6 is 12.4 Å². The molecule has 0 saturated heterocycles. The standard InChI is InChI=1S/C16H22N2O2.ClH/c1-16(2,3)8-7-14(15(19)20)18-11-13-6-4-5-12(9-13)10-17;/h4-6,9,14,18H,7-8,11H2,1-3H3,(H,19,20);1H/t14-;/m0./s1. The van der Waals surface area contributed by atoms with E-state index >= 15 is 0 Å². The third kappa shape index (κ3) is 7.69. The zero-order valence-electron chi connectivity index (χ0n) is 12.7. The first-order valence-electron chi connectivity index (χ1n) is 6.77. The van der Waals surface area contributed by atoms with Gasteiger partial charge in [-0.05, 0) is 36.0 Å². The molecule has 4 nitrogen and oxygen atoms in total. The van der Waals surface area contributed by atoms with Crippen LogP contribution in [0.25, 0.3) is 0 Å². The van der Waals surface area contributed by atoms with Crippen molar-refractivity contribution in [1.29, 1.82) is 5.26 Å². The molecule has 0 aliphatic rings. The maximum Gasteiger partial charge on any atom is 0.320 e. The van der Waals surface area contributed by atoms with Crippen LogP contribution in [0.2, 0.25) is 0 Å². The molecule has 1 aromatic carbocycles. The number of carbonyl (C=O) groups is 1. The predicted octanol–water partition coefficient (Wildman–Crippen LogP) is 3.35. The number of carboxylic acid groups (broad SMARTS) is 1. The topological polar surface area (TPSA) is 73.1 Å². The quantitative estimate of drug-likeness (QED) is 0.845. The van der Waals surface area contributed by atoms with Gasteiger partial charge in [-0.25, -0.2) is 0 Å². The van der Waals surface area contributed by atoms with Gasteiger partial charge in [0.15, 0.2) is 0 Å². The molecular weight excluding hydrogens is 288 g/mol. The highest BCUT2D eigenvalue weighted by molar-refractivity contribution is 5.85. The third-order valence-electron chi connectivity index (χ3n) is 3.09. The van der Waals surface area contributed by atoms with Crippen molar-refractivity contribution in [2.45, 2.75) is 46.2 Å². The van der Waals surface area contributed by atoms with Gasteiger partial charge >= 0.3 is 5.97 Å². The van der Waals surface area contributed by atoms with Crippen molar-refractivity contribution in [2.24, 2.45) is 5.41 Å². The van der Waals surface area contributed by atoms with Gasteiger partial charge in [0.2, 0.25) is 0 Å². The van der Waals surface area contributed by atoms with Gasteiger partial charge in [-0.3, -0.25) is 4.79 Å². The number of carboxylic acids is 1. The second-order valence-electron chi connectivity index (χ2n) is 6.18. The van der Waals surface area contributed by atoms with Gasteiger partial charge in [0, 0.05) is 6.54 Å². The molecule has 1 rings (SSSR count). The summed E-state index contributed by atoms with van der Waals surface area (Å²) in [5.74, 6) is -0.828. The molecule has 0 aliphatic carbocycles. The van der Waals surface area contributed by atoms with Gasteiger partial charge in [-0.15, -0.1) is 12.4 Å². The van der Waals surface area contributed by atoms with E-state index in [-0.39, 0.29) is 17.8 Å². The normalized spacial score (nSPS) is 12.1. The molecule has 1 atom stereocenters. The summed E-state index contributed by atoms with van der Waals surface area (Å²) in [6.07, 6.45) is 1.44. The number of rotatable bonds is 6. The van der Waals surface area contributed by atoms with Crippen LogP contribution < -0.4 is 5.32 Å². The second-order valence-corrected chi connectivity index (χ2v) is 6.18. The fourth-order valence-corrected chi connectivity index (χ4v) is 1.88. The molecule has 1 aromatic rings. The molecule has 0 bridgehead atoms. The van der Waals surface area contributed by atoms with Gasteiger partial charge in [0.25, 0.3) is 0 Å². The fraction of sp³-hybridized carbons (Fsp3) is 0.500. The summed E-state index contributed by atoms with van der Waals surface area (Å²) in [4.78, 5) is 11.2. The Morgan fingerprint density at radius 3 is 2.62 bits per heavy atom. The molecule has 0 amide bonds. The van der Waals surface area contributed by atoms with Crippen LogP contribution in [0.3, 0.4) is 0 Å². The van der Waals surface area contributed by atoms with E-state index in [1.165, 1.54) is 0 Å². The highest BCUT2D eigenvalue weighted by Gasteiger charge is 2.20. The Morgan fingerprint density at radius 2 is 2.10 bits per heavy atom. The van der Waals surface area contributed by atoms with Crippen LogP contribution in [-0.4, -0.2) is 17.1 Å². The van der Waals surface area contributed by atoms with E-state index in [4.69, 9.17) is 5.26 Å². The molecule has 0 spiro atoms. The van der Waals surface area contributed by atoms with Crippen molar-refractivity contribution in [2.75, 3.05) is 0 Å². The smallest absolute Gasteiger partial charge is 0.320 e. The number of benzene rings is 1. The summed E-state index contributed by atoms with van der Waals surface area (Å²) >= 11 is 0. The molecule has 2 N–H and O–H groups in total. The summed E-state index contributed by atoms with van der Waals surface area (Å²) in [6, 6.07) is 8.72. The summed E-state index contributed by atoms with van der Waals surface area (Å²) in [5, 5.41) is 21.1. The highest BCUT2D eigenvalue weighted by Crippen LogP contribution is 2.21. The maximum absolute atomic E-state index is 11.2. The Kier molecular flexibility index (Phi) is 8.01. The number of halogens is 1. The molecule has 5 heteroatoms. The van der Waals surface area contributed by atoms with Crippen LogP contribution in [0.5, 0.6) is 0 Å². The summed E-state index contributed by atoms with van der Waals surface area (Å²) in [5.41, 5.74) is 1.63. The lowest BCUT2D eigenvalue weighted by molar-refractivity contribution is -0.139. The third-order valence-corrected chi connectivity index (χ3v) is 3.09. The molecule has 0 aromatic heterocycles. The van der Waals surface area contributed by atoms with E-state index in [9.17, 15) is 9.90 Å². The Balaban J connectivity index is 0.00000400. The Morgan fingerprint density at radius 1 is 1.43 bits per heavy atom. The largest absolute Gasteiger partial charge is 0.480 e. The van der Waals surface area contributed by atoms with Crippen LogP contribution in [0.15, 0.2) is 24.3 Å². The first kappa shape index (κ1) is 19.4. The Labute approximate surface area is 132 Å². The lowest BCUT2D eigenvalue weighted by atomic mass is 9.88. The minimum Gasteiger partial charge on any atom is -0.480 e. The average molecular weight is 311 g/mol. The number of hydrogen-bond donors (Lipinski definition) is 2. The molecule has 0 radical (unpaired) electrons. The van der Waals surface area contributed by atoms with Crippen LogP contribution in [0, 0.1) is 16.7 Å². The number of nitriles is 1. The Hall–Kier alpha value is -1.57. The molecule has 0 heterocycles. The molecule has 0 fully saturated rings. The molecule has 0 unspecified atom stereocenters. The minimum absolute atomic E-state index is 0. The Bertz CT molecular complexity index is 504. The fourth-order valence-electron chi connectivity index (χ4n) is 1.88. The van der Waals surface area contributed by atoms with Crippen molar-refractivity contribution >= 4 is 18.4 Å². The average Bonchev–Trinajstić information content (AvgIpc) is 2.37. The lowest BCUT2D eigenvalue weighted by Crippen LogP contribution is -2.37. The first-order valence-corrected chi connectivity index (χ1v) is 6.77. The summed E-state index contributed by atoms with van der Waals surface area (Å²) < 4.78 is 0. The molecule has 0 aliphatic heterocycles. The molecule has 0 saturated carbocycles. The molecular formula is C16H23ClN2O2. The van der Waals surface area contributed by atoms with Crippen LogP contribution in [0.1, 0.15) is 44.7 Å². The zero-order valence-corrected chi connectivity index (χ0v) is 13.5. The monoisotopic (exact) mass is 310 g/mol. The summed E-state index contributed by atoms with van der Waals surface area (Å²) in [7, 11) is 0. The van der Waals surface area contributed by atoms with E-state index in [1.807, 2.05) is 6.07 Å². The molecule has 116 valence electrons. The SMILES string of the molecule is CC(C)(C)CC[C@H](NCc1cccc(C#N)c1)C(=O)O.Cl. The van der Waals surface area contributed by atoms with Gasteiger partial charge in [-0.1, -0.05) is 32.9 Å². The van der Waals surface area contributed by atoms with E-state index in [0.717, 1.165) is 12.0 Å². The van der Waals surface area contributed by atoms with Crippen molar-refractivity contribution < 1.29 is 9.90 Å². The van der Waals surface area contributed by atoms with Crippen LogP contribution in [-0.2, 0) is 11.3 Å². The summed E-state index contributed by atoms with van der Waals surface area (Å²) in [6.45, 7) is 6.75. The van der Waals surface area contributed by atoms with Crippen molar-refractivity contribution in [3.63, 3.8) is 0 Å². The van der Waals surface area contributed by atoms with E-state index < -0.39 is 12.0 Å².